The van der Waals surface area contributed by atoms with E-state index in [1.807, 2.05) is 6.07 Å². The lowest BCUT2D eigenvalue weighted by atomic mass is 10.0. The van der Waals surface area contributed by atoms with E-state index in [4.69, 9.17) is 14.6 Å². The number of likely N-dealkylation sites (tertiary alicyclic amines) is 1. The average Bonchev–Trinajstić information content (AvgIpc) is 2.89. The van der Waals surface area contributed by atoms with E-state index in [0.29, 0.717) is 24.5 Å². The second kappa shape index (κ2) is 6.68. The Labute approximate surface area is 129 Å². The fraction of sp³-hybridized carbons (Fsp3) is 0.500. The van der Waals surface area contributed by atoms with E-state index >= 15 is 0 Å². The molecule has 1 aromatic carbocycles. The number of benzene rings is 1. The van der Waals surface area contributed by atoms with Crippen molar-refractivity contribution >= 4 is 11.9 Å². The Morgan fingerprint density at radius 2 is 1.95 bits per heavy atom. The number of carbonyl (C=O) groups is 2. The van der Waals surface area contributed by atoms with Crippen LogP contribution >= 0.6 is 0 Å². The number of methoxy groups -OCH3 is 2. The van der Waals surface area contributed by atoms with Crippen molar-refractivity contribution in [2.75, 3.05) is 20.8 Å². The van der Waals surface area contributed by atoms with Gasteiger partial charge in [0.2, 0.25) is 5.91 Å². The van der Waals surface area contributed by atoms with Gasteiger partial charge < -0.3 is 19.5 Å². The van der Waals surface area contributed by atoms with Gasteiger partial charge in [-0.25, -0.2) is 0 Å². The first kappa shape index (κ1) is 16.1. The number of ether oxygens (including phenoxy) is 2. The van der Waals surface area contributed by atoms with Crippen LogP contribution < -0.4 is 9.47 Å². The number of carboxylic acid groups (broad SMARTS) is 1. The molecule has 0 aliphatic carbocycles. The van der Waals surface area contributed by atoms with Crippen molar-refractivity contribution < 1.29 is 24.2 Å². The van der Waals surface area contributed by atoms with E-state index < -0.39 is 11.9 Å². The van der Waals surface area contributed by atoms with Gasteiger partial charge in [-0.2, -0.15) is 0 Å². The summed E-state index contributed by atoms with van der Waals surface area (Å²) >= 11 is 0. The standard InChI is InChI=1S/C16H21NO5/c1-10-12(16(19)20)6-7-17(10)15(18)9-11-4-5-13(21-2)14(8-11)22-3/h4-5,8,10,12H,6-7,9H2,1-3H3,(H,19,20). The number of amides is 1. The highest BCUT2D eigenvalue weighted by atomic mass is 16.5. The lowest BCUT2D eigenvalue weighted by Gasteiger charge is -2.23. The average molecular weight is 307 g/mol. The van der Waals surface area contributed by atoms with Crippen LogP contribution in [0.25, 0.3) is 0 Å². The van der Waals surface area contributed by atoms with E-state index in [-0.39, 0.29) is 18.4 Å². The maximum Gasteiger partial charge on any atom is 0.308 e. The van der Waals surface area contributed by atoms with Crippen LogP contribution in [0.1, 0.15) is 18.9 Å². The molecule has 1 aromatic rings. The Bertz CT molecular complexity index is 572. The van der Waals surface area contributed by atoms with Gasteiger partial charge in [0.1, 0.15) is 0 Å². The summed E-state index contributed by atoms with van der Waals surface area (Å²) in [6, 6.07) is 5.07. The molecule has 6 heteroatoms. The van der Waals surface area contributed by atoms with Crippen LogP contribution in [0.5, 0.6) is 11.5 Å². The van der Waals surface area contributed by atoms with Gasteiger partial charge >= 0.3 is 5.97 Å². The monoisotopic (exact) mass is 307 g/mol. The largest absolute Gasteiger partial charge is 0.493 e. The fourth-order valence-corrected chi connectivity index (χ4v) is 2.89. The van der Waals surface area contributed by atoms with Crippen molar-refractivity contribution in [2.24, 2.45) is 5.92 Å². The van der Waals surface area contributed by atoms with Gasteiger partial charge in [-0.15, -0.1) is 0 Å². The minimum atomic E-state index is -0.839. The summed E-state index contributed by atoms with van der Waals surface area (Å²) in [4.78, 5) is 25.2. The van der Waals surface area contributed by atoms with Crippen molar-refractivity contribution in [3.63, 3.8) is 0 Å². The van der Waals surface area contributed by atoms with Gasteiger partial charge in [-0.1, -0.05) is 6.07 Å². The predicted octanol–water partition coefficient (Wildman–Crippen LogP) is 1.57. The summed E-state index contributed by atoms with van der Waals surface area (Å²) in [5.74, 6) is -0.198. The number of rotatable bonds is 5. The van der Waals surface area contributed by atoms with E-state index in [1.165, 1.54) is 0 Å². The molecule has 0 radical (unpaired) electrons. The molecule has 6 nitrogen and oxygen atoms in total. The van der Waals surface area contributed by atoms with Crippen LogP contribution in [-0.4, -0.2) is 48.7 Å². The van der Waals surface area contributed by atoms with E-state index in [9.17, 15) is 9.59 Å². The van der Waals surface area contributed by atoms with Crippen LogP contribution in [0, 0.1) is 5.92 Å². The summed E-state index contributed by atoms with van der Waals surface area (Å²) in [6.45, 7) is 2.28. The number of hydrogen-bond acceptors (Lipinski definition) is 4. The highest BCUT2D eigenvalue weighted by Gasteiger charge is 2.37. The lowest BCUT2D eigenvalue weighted by Crippen LogP contribution is -2.38. The molecule has 0 bridgehead atoms. The highest BCUT2D eigenvalue weighted by molar-refractivity contribution is 5.81. The zero-order valence-corrected chi connectivity index (χ0v) is 13.0. The molecule has 120 valence electrons. The molecule has 2 atom stereocenters. The van der Waals surface area contributed by atoms with Crippen molar-refractivity contribution in [3.05, 3.63) is 23.8 Å². The highest BCUT2D eigenvalue weighted by Crippen LogP contribution is 2.29. The van der Waals surface area contributed by atoms with Gasteiger partial charge in [-0.05, 0) is 31.0 Å². The maximum absolute atomic E-state index is 12.4. The molecule has 1 N–H and O–H groups in total. The maximum atomic E-state index is 12.4. The summed E-state index contributed by atoms with van der Waals surface area (Å²) in [5.41, 5.74) is 0.814. The molecule has 22 heavy (non-hydrogen) atoms. The van der Waals surface area contributed by atoms with Gasteiger partial charge in [0, 0.05) is 12.6 Å². The molecule has 1 saturated heterocycles. The van der Waals surface area contributed by atoms with Crippen LogP contribution in [0.4, 0.5) is 0 Å². The van der Waals surface area contributed by atoms with Crippen LogP contribution in [0.2, 0.25) is 0 Å². The van der Waals surface area contributed by atoms with Crippen LogP contribution in [0.15, 0.2) is 18.2 Å². The number of nitrogens with zero attached hydrogens (tertiary/aromatic N) is 1. The lowest BCUT2D eigenvalue weighted by molar-refractivity contribution is -0.143. The second-order valence-electron chi connectivity index (χ2n) is 5.43. The molecule has 2 rings (SSSR count). The smallest absolute Gasteiger partial charge is 0.308 e. The van der Waals surface area contributed by atoms with E-state index in [1.54, 1.807) is 38.2 Å². The van der Waals surface area contributed by atoms with Crippen LogP contribution in [0.3, 0.4) is 0 Å². The Hall–Kier alpha value is -2.24. The van der Waals surface area contributed by atoms with Crippen LogP contribution in [-0.2, 0) is 16.0 Å². The van der Waals surface area contributed by atoms with Gasteiger partial charge in [-0.3, -0.25) is 9.59 Å². The topological polar surface area (TPSA) is 76.1 Å². The normalized spacial score (nSPS) is 20.8. The third kappa shape index (κ3) is 3.16. The zero-order chi connectivity index (χ0) is 16.3. The Balaban J connectivity index is 2.08. The molecule has 1 aliphatic heterocycles. The second-order valence-corrected chi connectivity index (χ2v) is 5.43. The number of carboxylic acids is 1. The quantitative estimate of drug-likeness (QED) is 0.893. The molecule has 1 amide bonds. The third-order valence-corrected chi connectivity index (χ3v) is 4.20. The van der Waals surface area contributed by atoms with Gasteiger partial charge in [0.05, 0.1) is 26.6 Å². The van der Waals surface area contributed by atoms with Crippen molar-refractivity contribution in [2.45, 2.75) is 25.8 Å². The first-order valence-corrected chi connectivity index (χ1v) is 7.21. The van der Waals surface area contributed by atoms with Crippen molar-refractivity contribution in [1.29, 1.82) is 0 Å². The molecular formula is C16H21NO5. The SMILES string of the molecule is COc1ccc(CC(=O)N2CCC(C(=O)O)C2C)cc1OC. The molecule has 1 heterocycles. The molecule has 2 unspecified atom stereocenters. The molecule has 1 aliphatic rings. The van der Waals surface area contributed by atoms with Gasteiger partial charge in [0.15, 0.2) is 11.5 Å². The number of hydrogen-bond donors (Lipinski definition) is 1. The molecule has 0 saturated carbocycles. The van der Waals surface area contributed by atoms with E-state index in [0.717, 1.165) is 5.56 Å². The van der Waals surface area contributed by atoms with Gasteiger partial charge in [0.25, 0.3) is 0 Å². The summed E-state index contributed by atoms with van der Waals surface area (Å²) in [5, 5.41) is 9.13. The third-order valence-electron chi connectivity index (χ3n) is 4.20. The summed E-state index contributed by atoms with van der Waals surface area (Å²) in [7, 11) is 3.10. The number of aliphatic carboxylic acids is 1. The summed E-state index contributed by atoms with van der Waals surface area (Å²) in [6.07, 6.45) is 0.727. The molecule has 1 fully saturated rings. The molecule has 0 aromatic heterocycles. The van der Waals surface area contributed by atoms with Crippen molar-refractivity contribution in [1.82, 2.24) is 4.90 Å². The predicted molar refractivity (Wildman–Crippen MR) is 80.2 cm³/mol. The van der Waals surface area contributed by atoms with E-state index in [2.05, 4.69) is 0 Å². The number of carbonyl (C=O) groups excluding carboxylic acids is 1. The molecular weight excluding hydrogens is 286 g/mol. The minimum absolute atomic E-state index is 0.0662. The first-order valence-electron chi connectivity index (χ1n) is 7.21. The van der Waals surface area contributed by atoms with Crippen molar-refractivity contribution in [3.8, 4) is 11.5 Å². The Morgan fingerprint density at radius 1 is 1.27 bits per heavy atom. The first-order chi connectivity index (χ1) is 10.5. The Morgan fingerprint density at radius 3 is 2.50 bits per heavy atom. The summed E-state index contributed by atoms with van der Waals surface area (Å²) < 4.78 is 10.4. The minimum Gasteiger partial charge on any atom is -0.493 e. The Kier molecular flexibility index (Phi) is 4.90. The fourth-order valence-electron chi connectivity index (χ4n) is 2.89. The molecule has 0 spiro atoms. The zero-order valence-electron chi connectivity index (χ0n) is 13.0.